The highest BCUT2D eigenvalue weighted by molar-refractivity contribution is 7.92. The Morgan fingerprint density at radius 2 is 1.79 bits per heavy atom. The first-order valence-corrected chi connectivity index (χ1v) is 15.3. The van der Waals surface area contributed by atoms with Crippen LogP contribution in [0.3, 0.4) is 0 Å². The Bertz CT molecular complexity index is 1790. The number of rotatable bonds is 8. The highest BCUT2D eigenvalue weighted by Gasteiger charge is 2.29. The topological polar surface area (TPSA) is 138 Å². The zero-order valence-electron chi connectivity index (χ0n) is 23.1. The molecule has 1 aliphatic carbocycles. The molecule has 1 fully saturated rings. The van der Waals surface area contributed by atoms with E-state index in [1.165, 1.54) is 0 Å². The summed E-state index contributed by atoms with van der Waals surface area (Å²) in [5.74, 6) is -2.41. The van der Waals surface area contributed by atoms with Crippen molar-refractivity contribution in [3.63, 3.8) is 0 Å². The quantitative estimate of drug-likeness (QED) is 0.185. The van der Waals surface area contributed by atoms with Gasteiger partial charge in [0.2, 0.25) is 0 Å². The number of halogens is 5. The maximum Gasteiger partial charge on any atom is 0.387 e. The first kappa shape index (κ1) is 30.8. The number of pyridine rings is 1. The molecule has 1 saturated carbocycles. The number of hydrogen-bond donors (Lipinski definition) is 3. The minimum Gasteiger partial charge on any atom is -0.435 e. The second-order valence-corrected chi connectivity index (χ2v) is 12.8. The van der Waals surface area contributed by atoms with Gasteiger partial charge in [-0.05, 0) is 69.2 Å². The highest BCUT2D eigenvalue weighted by atomic mass is 35.5. The average Bonchev–Trinajstić information content (AvgIpc) is 3.34. The molecule has 43 heavy (non-hydrogen) atoms. The lowest BCUT2D eigenvalue weighted by molar-refractivity contribution is -0.0499. The van der Waals surface area contributed by atoms with Crippen LogP contribution in [0.5, 0.6) is 5.75 Å². The van der Waals surface area contributed by atoms with E-state index in [9.17, 15) is 17.2 Å². The fraction of sp³-hybridized carbons (Fsp3) is 0.357. The first-order chi connectivity index (χ1) is 20.3. The molecule has 5 rings (SSSR count). The maximum absolute atomic E-state index is 15.7. The molecule has 0 saturated heterocycles. The van der Waals surface area contributed by atoms with Crippen molar-refractivity contribution in [2.24, 2.45) is 5.73 Å². The van der Waals surface area contributed by atoms with Gasteiger partial charge in [-0.3, -0.25) is 9.40 Å². The molecule has 9 nitrogen and oxygen atoms in total. The Kier molecular flexibility index (Phi) is 8.47. The van der Waals surface area contributed by atoms with Gasteiger partial charge in [0.1, 0.15) is 33.8 Å². The molecule has 0 aliphatic heterocycles. The average molecular weight is 641 g/mol. The van der Waals surface area contributed by atoms with Gasteiger partial charge in [-0.15, -0.1) is 0 Å². The standard InChI is InChI=1S/C28H29ClF4N6O3S/c1-13(2)39-26-18(14-3-5-15(34)6-4-14)12-36-27(35)24(26)25(37-39)17-10-21(31)22(11-20(17)30)38-43(40,41)23-9-16(42-28(32)33)7-8-19(23)29/h7-15,28,38H,3-6,34H2,1-2H3,(H2,35,36)/t14-,15-. The van der Waals surface area contributed by atoms with Crippen LogP contribution in [0.4, 0.5) is 29.1 Å². The summed E-state index contributed by atoms with van der Waals surface area (Å²) >= 11 is 5.97. The van der Waals surface area contributed by atoms with Crippen molar-refractivity contribution in [3.8, 4) is 17.0 Å². The maximum atomic E-state index is 15.7. The van der Waals surface area contributed by atoms with Crippen molar-refractivity contribution >= 4 is 44.0 Å². The summed E-state index contributed by atoms with van der Waals surface area (Å²) in [4.78, 5) is 3.69. The largest absolute Gasteiger partial charge is 0.435 e. The van der Waals surface area contributed by atoms with Crippen LogP contribution in [0.1, 0.15) is 57.1 Å². The van der Waals surface area contributed by atoms with Gasteiger partial charge < -0.3 is 16.2 Å². The number of fused-ring (bicyclic) bond motifs is 1. The summed E-state index contributed by atoms with van der Waals surface area (Å²) in [6.07, 6.45) is 5.04. The van der Waals surface area contributed by atoms with E-state index in [2.05, 4.69) is 14.8 Å². The highest BCUT2D eigenvalue weighted by Crippen LogP contribution is 2.42. The minimum absolute atomic E-state index is 0.0498. The predicted octanol–water partition coefficient (Wildman–Crippen LogP) is 6.58. The van der Waals surface area contributed by atoms with Gasteiger partial charge in [0.25, 0.3) is 10.0 Å². The number of aromatic nitrogens is 3. The molecule has 15 heteroatoms. The summed E-state index contributed by atoms with van der Waals surface area (Å²) < 4.78 is 90.3. The van der Waals surface area contributed by atoms with Crippen LogP contribution < -0.4 is 20.9 Å². The Hall–Kier alpha value is -3.62. The molecule has 2 heterocycles. The molecular formula is C28H29ClF4N6O3S. The van der Waals surface area contributed by atoms with Crippen LogP contribution in [0.25, 0.3) is 22.2 Å². The Morgan fingerprint density at radius 3 is 2.44 bits per heavy atom. The molecule has 0 amide bonds. The van der Waals surface area contributed by atoms with Crippen LogP contribution in [0.15, 0.2) is 41.4 Å². The van der Waals surface area contributed by atoms with Crippen LogP contribution in [-0.2, 0) is 10.0 Å². The summed E-state index contributed by atoms with van der Waals surface area (Å²) in [6.45, 7) is 0.573. The Labute approximate surface area is 250 Å². The van der Waals surface area contributed by atoms with Crippen LogP contribution >= 0.6 is 11.6 Å². The molecule has 230 valence electrons. The van der Waals surface area contributed by atoms with E-state index in [0.29, 0.717) is 17.0 Å². The predicted molar refractivity (Wildman–Crippen MR) is 156 cm³/mol. The number of nitrogens with zero attached hydrogens (tertiary/aromatic N) is 3. The second kappa shape index (κ2) is 11.8. The number of sulfonamides is 1. The molecule has 5 N–H and O–H groups in total. The van der Waals surface area contributed by atoms with Gasteiger partial charge in [-0.1, -0.05) is 11.6 Å². The summed E-state index contributed by atoms with van der Waals surface area (Å²) in [5, 5.41) is 4.63. The van der Waals surface area contributed by atoms with Gasteiger partial charge >= 0.3 is 6.61 Å². The SMILES string of the molecule is CC(C)n1nc(-c2cc(F)c(NS(=O)(=O)c3cc(OC(F)F)ccc3Cl)cc2F)c2c(N)ncc([C@H]3CC[C@H](N)CC3)c21. The molecule has 0 unspecified atom stereocenters. The Morgan fingerprint density at radius 1 is 1.09 bits per heavy atom. The van der Waals surface area contributed by atoms with Crippen molar-refractivity contribution < 1.29 is 30.7 Å². The number of nitrogens with two attached hydrogens (primary N) is 2. The first-order valence-electron chi connectivity index (χ1n) is 13.5. The number of nitrogens with one attached hydrogen (secondary N) is 1. The van der Waals surface area contributed by atoms with E-state index in [-0.39, 0.29) is 40.1 Å². The van der Waals surface area contributed by atoms with E-state index < -0.39 is 44.6 Å². The second-order valence-electron chi connectivity index (χ2n) is 10.7. The van der Waals surface area contributed by atoms with Crippen molar-refractivity contribution in [3.05, 3.63) is 58.7 Å². The number of anilines is 2. The van der Waals surface area contributed by atoms with Crippen LogP contribution in [-0.4, -0.2) is 35.8 Å². The molecule has 2 aromatic heterocycles. The van der Waals surface area contributed by atoms with Gasteiger partial charge in [0.05, 0.1) is 21.6 Å². The fourth-order valence-corrected chi connectivity index (χ4v) is 6.96. The summed E-state index contributed by atoms with van der Waals surface area (Å²) in [7, 11) is -4.66. The molecule has 0 spiro atoms. The molecule has 0 atom stereocenters. The molecule has 2 aromatic carbocycles. The lowest BCUT2D eigenvalue weighted by atomic mass is 9.82. The van der Waals surface area contributed by atoms with Gasteiger partial charge in [0.15, 0.2) is 0 Å². The normalized spacial score (nSPS) is 17.6. The van der Waals surface area contributed by atoms with Gasteiger partial charge in [0, 0.05) is 36.0 Å². The Balaban J connectivity index is 1.57. The molecule has 1 aliphatic rings. The number of benzene rings is 2. The van der Waals surface area contributed by atoms with Crippen LogP contribution in [0, 0.1) is 11.6 Å². The van der Waals surface area contributed by atoms with Crippen molar-refractivity contribution in [1.82, 2.24) is 14.8 Å². The van der Waals surface area contributed by atoms with E-state index in [4.69, 9.17) is 23.1 Å². The van der Waals surface area contributed by atoms with Crippen molar-refractivity contribution in [1.29, 1.82) is 0 Å². The third kappa shape index (κ3) is 6.08. The lowest BCUT2D eigenvalue weighted by Gasteiger charge is -2.27. The molecular weight excluding hydrogens is 612 g/mol. The number of hydrogen-bond acceptors (Lipinski definition) is 7. The van der Waals surface area contributed by atoms with E-state index >= 15 is 8.78 Å². The van der Waals surface area contributed by atoms with Crippen LogP contribution in [0.2, 0.25) is 5.02 Å². The monoisotopic (exact) mass is 640 g/mol. The molecule has 0 bridgehead atoms. The van der Waals surface area contributed by atoms with E-state index in [1.54, 1.807) is 10.9 Å². The smallest absolute Gasteiger partial charge is 0.387 e. The fourth-order valence-electron chi connectivity index (χ4n) is 5.38. The van der Waals surface area contributed by atoms with E-state index in [0.717, 1.165) is 55.5 Å². The number of alkyl halides is 2. The zero-order chi connectivity index (χ0) is 31.2. The molecule has 4 aromatic rings. The number of nitrogen functional groups attached to an aromatic ring is 1. The van der Waals surface area contributed by atoms with Gasteiger partial charge in [-0.25, -0.2) is 22.2 Å². The minimum atomic E-state index is -4.66. The number of ether oxygens (including phenoxy) is 1. The lowest BCUT2D eigenvalue weighted by Crippen LogP contribution is -2.26. The van der Waals surface area contributed by atoms with Gasteiger partial charge in [-0.2, -0.15) is 13.9 Å². The third-order valence-corrected chi connectivity index (χ3v) is 9.30. The van der Waals surface area contributed by atoms with E-state index in [1.807, 2.05) is 18.6 Å². The summed E-state index contributed by atoms with van der Waals surface area (Å²) in [5.41, 5.74) is 13.0. The zero-order valence-corrected chi connectivity index (χ0v) is 24.7. The molecule has 0 radical (unpaired) electrons. The van der Waals surface area contributed by atoms with Crippen molar-refractivity contribution in [2.45, 2.75) is 69.0 Å². The van der Waals surface area contributed by atoms with Crippen molar-refractivity contribution in [2.75, 3.05) is 10.5 Å². The third-order valence-electron chi connectivity index (χ3n) is 7.46. The summed E-state index contributed by atoms with van der Waals surface area (Å²) in [6, 6.07) is 4.23.